The molecular formula is C10H14O6. The van der Waals surface area contributed by atoms with Gasteiger partial charge in [0.1, 0.15) is 6.61 Å². The largest absolute Gasteiger partial charge is 0.481 e. The second kappa shape index (κ2) is 7.58. The van der Waals surface area contributed by atoms with Crippen LogP contribution < -0.4 is 0 Å². The molecule has 0 radical (unpaired) electrons. The standard InChI is InChI=1S/C10H14O6/c1-2-8(12)7(5-11)6-16-10(15)4-3-9(13)14/h2,7,11H,1,3-6H2,(H,13,14). The predicted molar refractivity (Wildman–Crippen MR) is 53.6 cm³/mol. The first-order valence-electron chi connectivity index (χ1n) is 4.65. The lowest BCUT2D eigenvalue weighted by Gasteiger charge is -2.10. The van der Waals surface area contributed by atoms with Crippen LogP contribution in [0.3, 0.4) is 0 Å². The van der Waals surface area contributed by atoms with Crippen LogP contribution in [0.5, 0.6) is 0 Å². The molecular weight excluding hydrogens is 216 g/mol. The average molecular weight is 230 g/mol. The maximum atomic E-state index is 11.1. The normalized spacial score (nSPS) is 11.6. The maximum Gasteiger partial charge on any atom is 0.306 e. The predicted octanol–water partition coefficient (Wildman–Crippen LogP) is -0.242. The molecule has 0 aromatic carbocycles. The summed E-state index contributed by atoms with van der Waals surface area (Å²) < 4.78 is 4.64. The Labute approximate surface area is 92.5 Å². The van der Waals surface area contributed by atoms with Crippen molar-refractivity contribution in [3.63, 3.8) is 0 Å². The molecule has 0 fully saturated rings. The molecule has 0 rings (SSSR count). The van der Waals surface area contributed by atoms with Crippen LogP contribution in [0.25, 0.3) is 0 Å². The highest BCUT2D eigenvalue weighted by molar-refractivity contribution is 5.91. The third kappa shape index (κ3) is 5.92. The zero-order valence-electron chi connectivity index (χ0n) is 8.72. The summed E-state index contributed by atoms with van der Waals surface area (Å²) in [5.74, 6) is -3.06. The van der Waals surface area contributed by atoms with E-state index in [9.17, 15) is 14.4 Å². The van der Waals surface area contributed by atoms with Gasteiger partial charge in [0, 0.05) is 0 Å². The summed E-state index contributed by atoms with van der Waals surface area (Å²) in [5.41, 5.74) is 0. The molecule has 0 aliphatic carbocycles. The topological polar surface area (TPSA) is 101 Å². The van der Waals surface area contributed by atoms with Crippen LogP contribution in [0, 0.1) is 5.92 Å². The van der Waals surface area contributed by atoms with E-state index in [4.69, 9.17) is 10.2 Å². The smallest absolute Gasteiger partial charge is 0.306 e. The minimum atomic E-state index is -1.10. The quantitative estimate of drug-likeness (QED) is 0.440. The Balaban J connectivity index is 3.92. The van der Waals surface area contributed by atoms with Crippen molar-refractivity contribution in [2.75, 3.05) is 13.2 Å². The Morgan fingerprint density at radius 1 is 1.31 bits per heavy atom. The Bertz CT molecular complexity index is 283. The van der Waals surface area contributed by atoms with Crippen LogP contribution in [0.2, 0.25) is 0 Å². The lowest BCUT2D eigenvalue weighted by Crippen LogP contribution is -2.24. The van der Waals surface area contributed by atoms with Crippen molar-refractivity contribution in [3.05, 3.63) is 12.7 Å². The van der Waals surface area contributed by atoms with Gasteiger partial charge in [0.25, 0.3) is 0 Å². The summed E-state index contributed by atoms with van der Waals surface area (Å²) in [5, 5.41) is 17.1. The number of hydrogen-bond donors (Lipinski definition) is 2. The Morgan fingerprint density at radius 2 is 1.94 bits per heavy atom. The molecule has 6 heteroatoms. The molecule has 1 unspecified atom stereocenters. The Kier molecular flexibility index (Phi) is 6.78. The number of aliphatic carboxylic acids is 1. The molecule has 0 aliphatic heterocycles. The summed E-state index contributed by atoms with van der Waals surface area (Å²) in [4.78, 5) is 32.2. The minimum absolute atomic E-state index is 0.254. The number of carbonyl (C=O) groups excluding carboxylic acids is 2. The van der Waals surface area contributed by atoms with Crippen molar-refractivity contribution in [2.45, 2.75) is 12.8 Å². The van der Waals surface area contributed by atoms with Gasteiger partial charge in [-0.1, -0.05) is 6.58 Å². The molecule has 16 heavy (non-hydrogen) atoms. The number of rotatable bonds is 8. The maximum absolute atomic E-state index is 11.1. The number of ketones is 1. The van der Waals surface area contributed by atoms with Gasteiger partial charge < -0.3 is 14.9 Å². The lowest BCUT2D eigenvalue weighted by molar-refractivity contribution is -0.149. The third-order valence-electron chi connectivity index (χ3n) is 1.81. The number of ether oxygens (including phenoxy) is 1. The fraction of sp³-hybridized carbons (Fsp3) is 0.500. The number of carbonyl (C=O) groups is 3. The number of aliphatic hydroxyl groups excluding tert-OH is 1. The van der Waals surface area contributed by atoms with Crippen molar-refractivity contribution in [1.82, 2.24) is 0 Å². The van der Waals surface area contributed by atoms with Crippen molar-refractivity contribution in [3.8, 4) is 0 Å². The summed E-state index contributed by atoms with van der Waals surface area (Å²) in [6, 6.07) is 0. The van der Waals surface area contributed by atoms with Crippen LogP contribution in [-0.4, -0.2) is 41.1 Å². The van der Waals surface area contributed by atoms with Crippen LogP contribution in [-0.2, 0) is 19.1 Å². The van der Waals surface area contributed by atoms with Gasteiger partial charge >= 0.3 is 11.9 Å². The first-order chi connectivity index (χ1) is 7.51. The second-order valence-corrected chi connectivity index (χ2v) is 3.06. The van der Waals surface area contributed by atoms with Crippen LogP contribution >= 0.6 is 0 Å². The van der Waals surface area contributed by atoms with E-state index in [1.807, 2.05) is 0 Å². The van der Waals surface area contributed by atoms with Gasteiger partial charge in [0.15, 0.2) is 5.78 Å². The summed E-state index contributed by atoms with van der Waals surface area (Å²) >= 11 is 0. The molecule has 0 saturated heterocycles. The average Bonchev–Trinajstić information content (AvgIpc) is 2.26. The molecule has 90 valence electrons. The molecule has 0 amide bonds. The van der Waals surface area contributed by atoms with Gasteiger partial charge in [-0.3, -0.25) is 14.4 Å². The number of carboxylic acids is 1. The highest BCUT2D eigenvalue weighted by Crippen LogP contribution is 2.01. The Hall–Kier alpha value is -1.69. The molecule has 0 aromatic rings. The van der Waals surface area contributed by atoms with Gasteiger partial charge in [-0.25, -0.2) is 0 Å². The van der Waals surface area contributed by atoms with E-state index in [0.717, 1.165) is 6.08 Å². The van der Waals surface area contributed by atoms with E-state index < -0.39 is 30.2 Å². The van der Waals surface area contributed by atoms with E-state index in [-0.39, 0.29) is 19.4 Å². The molecule has 0 aliphatic rings. The molecule has 0 heterocycles. The summed E-state index contributed by atoms with van der Waals surface area (Å²) in [7, 11) is 0. The highest BCUT2D eigenvalue weighted by Gasteiger charge is 2.17. The number of carboxylic acid groups (broad SMARTS) is 1. The zero-order valence-corrected chi connectivity index (χ0v) is 8.72. The minimum Gasteiger partial charge on any atom is -0.481 e. The molecule has 0 spiro atoms. The van der Waals surface area contributed by atoms with E-state index in [0.29, 0.717) is 0 Å². The number of aliphatic hydroxyl groups is 1. The highest BCUT2D eigenvalue weighted by atomic mass is 16.5. The fourth-order valence-corrected chi connectivity index (χ4v) is 0.866. The molecule has 0 aromatic heterocycles. The Morgan fingerprint density at radius 3 is 2.38 bits per heavy atom. The molecule has 6 nitrogen and oxygen atoms in total. The molecule has 1 atom stereocenters. The number of allylic oxidation sites excluding steroid dienone is 1. The number of esters is 1. The van der Waals surface area contributed by atoms with E-state index in [1.165, 1.54) is 0 Å². The SMILES string of the molecule is C=CC(=O)C(CO)COC(=O)CCC(=O)O. The lowest BCUT2D eigenvalue weighted by atomic mass is 10.1. The first kappa shape index (κ1) is 14.3. The molecule has 0 saturated carbocycles. The van der Waals surface area contributed by atoms with Crippen molar-refractivity contribution >= 4 is 17.7 Å². The van der Waals surface area contributed by atoms with Crippen molar-refractivity contribution in [1.29, 1.82) is 0 Å². The van der Waals surface area contributed by atoms with Gasteiger partial charge in [0.05, 0.1) is 25.4 Å². The fourth-order valence-electron chi connectivity index (χ4n) is 0.866. The second-order valence-electron chi connectivity index (χ2n) is 3.06. The van der Waals surface area contributed by atoms with Crippen LogP contribution in [0.1, 0.15) is 12.8 Å². The van der Waals surface area contributed by atoms with Crippen molar-refractivity contribution < 1.29 is 29.3 Å². The third-order valence-corrected chi connectivity index (χ3v) is 1.81. The van der Waals surface area contributed by atoms with E-state index >= 15 is 0 Å². The monoisotopic (exact) mass is 230 g/mol. The summed E-state index contributed by atoms with van der Waals surface area (Å²) in [6.45, 7) is 2.53. The van der Waals surface area contributed by atoms with E-state index in [2.05, 4.69) is 11.3 Å². The molecule has 2 N–H and O–H groups in total. The van der Waals surface area contributed by atoms with Gasteiger partial charge in [-0.05, 0) is 6.08 Å². The van der Waals surface area contributed by atoms with E-state index in [1.54, 1.807) is 0 Å². The van der Waals surface area contributed by atoms with Crippen LogP contribution in [0.15, 0.2) is 12.7 Å². The van der Waals surface area contributed by atoms with Gasteiger partial charge in [-0.15, -0.1) is 0 Å². The van der Waals surface area contributed by atoms with Gasteiger partial charge in [0.2, 0.25) is 0 Å². The zero-order chi connectivity index (χ0) is 12.6. The van der Waals surface area contributed by atoms with Crippen LogP contribution in [0.4, 0.5) is 0 Å². The first-order valence-corrected chi connectivity index (χ1v) is 4.65. The van der Waals surface area contributed by atoms with Crippen molar-refractivity contribution in [2.24, 2.45) is 5.92 Å². The molecule has 0 bridgehead atoms. The summed E-state index contributed by atoms with van der Waals surface area (Å²) in [6.07, 6.45) is 0.458. The van der Waals surface area contributed by atoms with Gasteiger partial charge in [-0.2, -0.15) is 0 Å². The number of hydrogen-bond acceptors (Lipinski definition) is 5.